The molecule has 0 bridgehead atoms. The molecule has 1 fully saturated rings. The van der Waals surface area contributed by atoms with Crippen molar-refractivity contribution < 1.29 is 9.13 Å². The lowest BCUT2D eigenvalue weighted by molar-refractivity contribution is 0.204. The Labute approximate surface area is 201 Å². The normalized spacial score (nSPS) is 19.4. The van der Waals surface area contributed by atoms with Crippen LogP contribution < -0.4 is 15.4 Å². The molecular formula is C27H34FN5O. The van der Waals surface area contributed by atoms with Gasteiger partial charge in [0.05, 0.1) is 18.5 Å². The monoisotopic (exact) mass is 463 g/mol. The molecule has 1 atom stereocenters. The van der Waals surface area contributed by atoms with E-state index in [9.17, 15) is 4.39 Å². The molecule has 0 amide bonds. The molecule has 7 heteroatoms. The van der Waals surface area contributed by atoms with E-state index in [0.29, 0.717) is 31.8 Å². The van der Waals surface area contributed by atoms with Gasteiger partial charge in [-0.1, -0.05) is 38.1 Å². The molecule has 1 unspecified atom stereocenters. The van der Waals surface area contributed by atoms with Crippen LogP contribution in [-0.4, -0.2) is 42.6 Å². The number of aliphatic imine (C=N–C) groups is 1. The lowest BCUT2D eigenvalue weighted by Crippen LogP contribution is -2.52. The highest BCUT2D eigenvalue weighted by molar-refractivity contribution is 5.84. The van der Waals surface area contributed by atoms with Crippen LogP contribution >= 0.6 is 0 Å². The summed E-state index contributed by atoms with van der Waals surface area (Å²) in [5.41, 5.74) is 4.36. The van der Waals surface area contributed by atoms with E-state index >= 15 is 0 Å². The molecule has 0 spiro atoms. The first-order chi connectivity index (χ1) is 16.4. The zero-order chi connectivity index (χ0) is 24.1. The van der Waals surface area contributed by atoms with Crippen molar-refractivity contribution in [1.29, 1.82) is 0 Å². The molecule has 2 heterocycles. The van der Waals surface area contributed by atoms with Gasteiger partial charge in [-0.2, -0.15) is 0 Å². The van der Waals surface area contributed by atoms with E-state index in [1.165, 1.54) is 17.8 Å². The van der Waals surface area contributed by atoms with Crippen LogP contribution in [0, 0.1) is 11.7 Å². The molecule has 4 rings (SSSR count). The van der Waals surface area contributed by atoms with E-state index in [-0.39, 0.29) is 5.82 Å². The molecule has 6 nitrogen and oxygen atoms in total. The summed E-state index contributed by atoms with van der Waals surface area (Å²) in [7, 11) is 4.14. The van der Waals surface area contributed by atoms with Gasteiger partial charge in [-0.15, -0.1) is 0 Å². The van der Waals surface area contributed by atoms with Gasteiger partial charge in [0.1, 0.15) is 11.6 Å². The molecule has 0 saturated carbocycles. The molecule has 34 heavy (non-hydrogen) atoms. The van der Waals surface area contributed by atoms with Crippen LogP contribution in [0.15, 0.2) is 77.2 Å². The molecule has 180 valence electrons. The van der Waals surface area contributed by atoms with Crippen LogP contribution in [0.3, 0.4) is 0 Å². The summed E-state index contributed by atoms with van der Waals surface area (Å²) in [6.45, 7) is 6.22. The fraction of sp³-hybridized carbons (Fsp3) is 0.370. The summed E-state index contributed by atoms with van der Waals surface area (Å²) in [4.78, 5) is 8.97. The maximum atomic E-state index is 13.5. The van der Waals surface area contributed by atoms with Crippen molar-refractivity contribution in [1.82, 2.24) is 20.4 Å². The van der Waals surface area contributed by atoms with Crippen molar-refractivity contribution in [3.8, 4) is 5.75 Å². The summed E-state index contributed by atoms with van der Waals surface area (Å²) in [5, 5.41) is 7.00. The molecule has 2 aliphatic rings. The van der Waals surface area contributed by atoms with Gasteiger partial charge in [0.25, 0.3) is 0 Å². The van der Waals surface area contributed by atoms with E-state index in [0.717, 1.165) is 35.0 Å². The van der Waals surface area contributed by atoms with Gasteiger partial charge in [0, 0.05) is 31.4 Å². The molecule has 2 aliphatic heterocycles. The highest BCUT2D eigenvalue weighted by atomic mass is 19.1. The lowest BCUT2D eigenvalue weighted by Gasteiger charge is -2.39. The maximum absolute atomic E-state index is 13.5. The Balaban J connectivity index is 1.50. The minimum absolute atomic E-state index is 0.234. The third-order valence-electron chi connectivity index (χ3n) is 5.84. The summed E-state index contributed by atoms with van der Waals surface area (Å²) in [5.74, 6) is 1.89. The highest BCUT2D eigenvalue weighted by Crippen LogP contribution is 2.23. The molecule has 2 aromatic rings. The first-order valence-corrected chi connectivity index (χ1v) is 11.8. The van der Waals surface area contributed by atoms with Gasteiger partial charge in [-0.3, -0.25) is 4.90 Å². The number of allylic oxidation sites excluding steroid dienone is 1. The van der Waals surface area contributed by atoms with E-state index in [2.05, 4.69) is 65.5 Å². The number of benzene rings is 2. The van der Waals surface area contributed by atoms with E-state index in [1.807, 2.05) is 36.5 Å². The number of halogens is 1. The first-order valence-electron chi connectivity index (χ1n) is 11.8. The van der Waals surface area contributed by atoms with Crippen LogP contribution in [0.4, 0.5) is 4.39 Å². The summed E-state index contributed by atoms with van der Waals surface area (Å²) >= 11 is 0. The standard InChI is InChI=1S/C27H34FN5O/c1-19(2)18-34-23-11-7-21(8-12-23)17-33(16-20-5-9-22(28)10-6-20)27-29-14-13-24(31-27)25-15-26(30-25)32(3)4/h5-14,19,26,30H,15-18H2,1-4H3,(H,29,31). The predicted octanol–water partition coefficient (Wildman–Crippen LogP) is 4.43. The number of ether oxygens (including phenoxy) is 1. The minimum Gasteiger partial charge on any atom is -0.493 e. The molecule has 0 aromatic heterocycles. The predicted molar refractivity (Wildman–Crippen MR) is 134 cm³/mol. The Morgan fingerprint density at radius 3 is 2.24 bits per heavy atom. The second kappa shape index (κ2) is 10.7. The number of hydrogen-bond acceptors (Lipinski definition) is 6. The van der Waals surface area contributed by atoms with Crippen molar-refractivity contribution in [3.63, 3.8) is 0 Å². The largest absolute Gasteiger partial charge is 0.493 e. The smallest absolute Gasteiger partial charge is 0.203 e. The lowest BCUT2D eigenvalue weighted by atomic mass is 10.1. The zero-order valence-corrected chi connectivity index (χ0v) is 20.4. The van der Waals surface area contributed by atoms with Crippen molar-refractivity contribution in [3.05, 3.63) is 89.1 Å². The van der Waals surface area contributed by atoms with Gasteiger partial charge < -0.3 is 20.3 Å². The van der Waals surface area contributed by atoms with Gasteiger partial charge in [0.2, 0.25) is 5.96 Å². The quantitative estimate of drug-likeness (QED) is 0.607. The Morgan fingerprint density at radius 2 is 1.65 bits per heavy atom. The maximum Gasteiger partial charge on any atom is 0.203 e. The number of rotatable bonds is 8. The molecule has 0 aliphatic carbocycles. The Kier molecular flexibility index (Phi) is 7.53. The van der Waals surface area contributed by atoms with Crippen LogP contribution in [0.5, 0.6) is 5.75 Å². The topological polar surface area (TPSA) is 52.1 Å². The highest BCUT2D eigenvalue weighted by Gasteiger charge is 2.27. The third-order valence-corrected chi connectivity index (χ3v) is 5.84. The van der Waals surface area contributed by atoms with Gasteiger partial charge in [-0.05, 0) is 61.5 Å². The van der Waals surface area contributed by atoms with E-state index in [1.54, 1.807) is 0 Å². The van der Waals surface area contributed by atoms with Crippen LogP contribution in [0.2, 0.25) is 0 Å². The SMILES string of the molecule is CC(C)COc1ccc(CN(Cc2ccc(F)cc2)C2=NC=CC(=C3CC(N(C)C)N3)N2)cc1. The third kappa shape index (κ3) is 6.17. The number of nitrogens with zero attached hydrogens (tertiary/aromatic N) is 3. The summed E-state index contributed by atoms with van der Waals surface area (Å²) in [6.07, 6.45) is 5.14. The molecule has 2 aromatic carbocycles. The van der Waals surface area contributed by atoms with Crippen molar-refractivity contribution in [2.75, 3.05) is 20.7 Å². The molecule has 2 N–H and O–H groups in total. The van der Waals surface area contributed by atoms with Gasteiger partial charge in [0.15, 0.2) is 0 Å². The van der Waals surface area contributed by atoms with Crippen molar-refractivity contribution in [2.45, 2.75) is 39.5 Å². The van der Waals surface area contributed by atoms with Crippen molar-refractivity contribution >= 4 is 5.96 Å². The van der Waals surface area contributed by atoms with Gasteiger partial charge >= 0.3 is 0 Å². The molecule has 1 saturated heterocycles. The number of hydrogen-bond donors (Lipinski definition) is 2. The Hall–Kier alpha value is -3.32. The number of guanidine groups is 1. The Morgan fingerprint density at radius 1 is 1.03 bits per heavy atom. The second-order valence-electron chi connectivity index (χ2n) is 9.44. The summed E-state index contributed by atoms with van der Waals surface area (Å²) in [6, 6.07) is 14.8. The van der Waals surface area contributed by atoms with E-state index in [4.69, 9.17) is 4.74 Å². The van der Waals surface area contributed by atoms with Crippen LogP contribution in [0.1, 0.15) is 31.4 Å². The zero-order valence-electron chi connectivity index (χ0n) is 20.4. The second-order valence-corrected chi connectivity index (χ2v) is 9.44. The molecule has 0 radical (unpaired) electrons. The first kappa shape index (κ1) is 23.8. The van der Waals surface area contributed by atoms with Crippen LogP contribution in [-0.2, 0) is 13.1 Å². The minimum atomic E-state index is -0.234. The number of nitrogens with one attached hydrogen (secondary N) is 2. The average Bonchev–Trinajstić information content (AvgIpc) is 2.78. The van der Waals surface area contributed by atoms with E-state index < -0.39 is 0 Å². The van der Waals surface area contributed by atoms with Crippen LogP contribution in [0.25, 0.3) is 0 Å². The Bertz CT molecular complexity index is 1050. The molecular weight excluding hydrogens is 429 g/mol. The van der Waals surface area contributed by atoms with Gasteiger partial charge in [-0.25, -0.2) is 9.38 Å². The average molecular weight is 464 g/mol. The summed E-state index contributed by atoms with van der Waals surface area (Å²) < 4.78 is 19.3. The van der Waals surface area contributed by atoms with Crippen molar-refractivity contribution in [2.24, 2.45) is 10.9 Å². The fourth-order valence-corrected chi connectivity index (χ4v) is 3.78. The fourth-order valence-electron chi connectivity index (χ4n) is 3.78.